The average Bonchev–Trinajstić information content (AvgIpc) is 1.83. The fraction of sp³-hybridized carbons (Fsp3) is 0.833. The second-order valence-electron chi connectivity index (χ2n) is 1.70. The molecule has 0 saturated heterocycles. The van der Waals surface area contributed by atoms with Crippen LogP contribution < -0.4 is 5.48 Å². The van der Waals surface area contributed by atoms with Gasteiger partial charge in [-0.05, 0) is 12.8 Å². The quantitative estimate of drug-likeness (QED) is 0.562. The molecule has 0 spiro atoms. The van der Waals surface area contributed by atoms with E-state index >= 15 is 0 Å². The first kappa shape index (κ1) is 7.92. The summed E-state index contributed by atoms with van der Waals surface area (Å²) < 4.78 is 0. The van der Waals surface area contributed by atoms with E-state index in [1.807, 2.05) is 0 Å². The summed E-state index contributed by atoms with van der Waals surface area (Å²) in [7, 11) is 3.35. The van der Waals surface area contributed by atoms with Crippen LogP contribution in [0.25, 0.3) is 0 Å². The Morgan fingerprint density at radius 3 is 2.12 bits per heavy atom. The van der Waals surface area contributed by atoms with Crippen LogP contribution in [0.5, 0.6) is 0 Å². The molecule has 0 aliphatic carbocycles. The fourth-order valence-corrected chi connectivity index (χ4v) is 0.573. The summed E-state index contributed by atoms with van der Waals surface area (Å²) in [4.78, 5) is 4.98. The van der Waals surface area contributed by atoms with E-state index in [9.17, 15) is 0 Å². The van der Waals surface area contributed by atoms with Crippen molar-refractivity contribution in [3.63, 3.8) is 0 Å². The molecule has 1 N–H and O–H groups in total. The van der Waals surface area contributed by atoms with Gasteiger partial charge in [0, 0.05) is 7.05 Å². The maximum atomic E-state index is 4.98. The van der Waals surface area contributed by atoms with Crippen LogP contribution in [0.3, 0.4) is 0 Å². The van der Waals surface area contributed by atoms with Crippen molar-refractivity contribution in [3.8, 4) is 0 Å². The van der Waals surface area contributed by atoms with Gasteiger partial charge in [-0.15, -0.1) is 0 Å². The summed E-state index contributed by atoms with van der Waals surface area (Å²) in [6.45, 7) is 4.18. The van der Waals surface area contributed by atoms with Crippen LogP contribution in [0.2, 0.25) is 0 Å². The predicted octanol–water partition coefficient (Wildman–Crippen LogP) is 1.49. The highest BCUT2D eigenvalue weighted by molar-refractivity contribution is 4.47. The van der Waals surface area contributed by atoms with Crippen molar-refractivity contribution in [2.75, 3.05) is 0 Å². The number of nitrogens with one attached hydrogen (secondary N) is 1. The van der Waals surface area contributed by atoms with E-state index in [0.717, 1.165) is 12.8 Å². The Kier molecular flexibility index (Phi) is 5.01. The van der Waals surface area contributed by atoms with E-state index in [1.54, 1.807) is 0 Å². The van der Waals surface area contributed by atoms with Crippen LogP contribution in [-0.4, -0.2) is 6.10 Å². The Bertz CT molecular complexity index is 43.8. The molecule has 0 bridgehead atoms. The van der Waals surface area contributed by atoms with Crippen molar-refractivity contribution in [2.45, 2.75) is 32.8 Å². The molecule has 0 aromatic carbocycles. The minimum atomic E-state index is 0.326. The molecule has 0 heterocycles. The van der Waals surface area contributed by atoms with Gasteiger partial charge < -0.3 is 0 Å². The first-order chi connectivity index (χ1) is 3.85. The number of hydrogen-bond donors (Lipinski definition) is 1. The largest absolute Gasteiger partial charge is 0.298 e. The van der Waals surface area contributed by atoms with Gasteiger partial charge in [0.25, 0.3) is 0 Å². The zero-order valence-electron chi connectivity index (χ0n) is 5.61. The Morgan fingerprint density at radius 2 is 2.00 bits per heavy atom. The third kappa shape index (κ3) is 2.99. The second kappa shape index (κ2) is 5.06. The molecule has 8 heavy (non-hydrogen) atoms. The normalized spacial score (nSPS) is 10.5. The third-order valence-corrected chi connectivity index (χ3v) is 1.16. The number of hydrogen-bond acceptors (Lipinski definition) is 2. The SMILES string of the molecule is [CH2]NOC(CC)CC. The molecule has 0 saturated carbocycles. The van der Waals surface area contributed by atoms with Crippen LogP contribution in [0.4, 0.5) is 0 Å². The monoisotopic (exact) mass is 116 g/mol. The first-order valence-electron chi connectivity index (χ1n) is 3.02. The lowest BCUT2D eigenvalue weighted by molar-refractivity contribution is -0.00648. The van der Waals surface area contributed by atoms with Gasteiger partial charge >= 0.3 is 0 Å². The van der Waals surface area contributed by atoms with E-state index < -0.39 is 0 Å². The summed E-state index contributed by atoms with van der Waals surface area (Å²) in [5.41, 5.74) is 2.42. The summed E-state index contributed by atoms with van der Waals surface area (Å²) >= 11 is 0. The van der Waals surface area contributed by atoms with Crippen LogP contribution in [0.1, 0.15) is 26.7 Å². The smallest absolute Gasteiger partial charge is 0.0785 e. The van der Waals surface area contributed by atoms with E-state index in [0.29, 0.717) is 6.10 Å². The van der Waals surface area contributed by atoms with Gasteiger partial charge in [-0.1, -0.05) is 13.8 Å². The molecule has 0 amide bonds. The predicted molar refractivity (Wildman–Crippen MR) is 33.9 cm³/mol. The van der Waals surface area contributed by atoms with Crippen LogP contribution in [-0.2, 0) is 4.84 Å². The molecule has 0 atom stereocenters. The van der Waals surface area contributed by atoms with E-state index in [1.165, 1.54) is 0 Å². The van der Waals surface area contributed by atoms with Crippen molar-refractivity contribution < 1.29 is 4.84 Å². The molecule has 2 heteroatoms. The molecule has 49 valence electrons. The van der Waals surface area contributed by atoms with Crippen molar-refractivity contribution in [3.05, 3.63) is 7.05 Å². The molecular formula is C6H14NO. The van der Waals surface area contributed by atoms with Gasteiger partial charge in [-0.3, -0.25) is 4.84 Å². The Balaban J connectivity index is 3.07. The second-order valence-corrected chi connectivity index (χ2v) is 1.70. The van der Waals surface area contributed by atoms with Crippen LogP contribution in [0, 0.1) is 7.05 Å². The van der Waals surface area contributed by atoms with Gasteiger partial charge in [-0.25, -0.2) is 5.48 Å². The number of rotatable bonds is 4. The van der Waals surface area contributed by atoms with E-state index in [-0.39, 0.29) is 0 Å². The van der Waals surface area contributed by atoms with E-state index in [4.69, 9.17) is 4.84 Å². The topological polar surface area (TPSA) is 21.3 Å². The molecule has 0 rings (SSSR count). The number of hydroxylamine groups is 1. The molecular weight excluding hydrogens is 102 g/mol. The zero-order chi connectivity index (χ0) is 6.41. The van der Waals surface area contributed by atoms with Gasteiger partial charge in [0.05, 0.1) is 6.10 Å². The molecule has 1 radical (unpaired) electrons. The summed E-state index contributed by atoms with van der Waals surface area (Å²) in [5, 5.41) is 0. The van der Waals surface area contributed by atoms with Gasteiger partial charge in [0.15, 0.2) is 0 Å². The van der Waals surface area contributed by atoms with E-state index in [2.05, 4.69) is 26.4 Å². The summed E-state index contributed by atoms with van der Waals surface area (Å²) in [5.74, 6) is 0. The van der Waals surface area contributed by atoms with Gasteiger partial charge in [0.1, 0.15) is 0 Å². The highest BCUT2D eigenvalue weighted by atomic mass is 16.7. The molecule has 0 unspecified atom stereocenters. The van der Waals surface area contributed by atoms with Crippen molar-refractivity contribution >= 4 is 0 Å². The Labute approximate surface area is 51.2 Å². The molecule has 0 aliphatic rings. The molecule has 2 nitrogen and oxygen atoms in total. The molecule has 0 fully saturated rings. The lowest BCUT2D eigenvalue weighted by Crippen LogP contribution is -2.17. The van der Waals surface area contributed by atoms with Crippen LogP contribution in [0.15, 0.2) is 0 Å². The lowest BCUT2D eigenvalue weighted by atomic mass is 10.2. The minimum absolute atomic E-state index is 0.326. The summed E-state index contributed by atoms with van der Waals surface area (Å²) in [6, 6.07) is 0. The minimum Gasteiger partial charge on any atom is -0.298 e. The zero-order valence-corrected chi connectivity index (χ0v) is 5.61. The van der Waals surface area contributed by atoms with Crippen molar-refractivity contribution in [1.29, 1.82) is 0 Å². The standard InChI is InChI=1S/C6H14NO/c1-4-6(5-2)8-7-3/h6-7H,3-5H2,1-2H3. The summed E-state index contributed by atoms with van der Waals surface area (Å²) in [6.07, 6.45) is 2.41. The maximum Gasteiger partial charge on any atom is 0.0785 e. The Hall–Kier alpha value is -0.0800. The van der Waals surface area contributed by atoms with Crippen molar-refractivity contribution in [2.24, 2.45) is 0 Å². The maximum absolute atomic E-state index is 4.98. The molecule has 0 aromatic rings. The third-order valence-electron chi connectivity index (χ3n) is 1.16. The van der Waals surface area contributed by atoms with Crippen molar-refractivity contribution in [1.82, 2.24) is 5.48 Å². The molecule has 0 aromatic heterocycles. The lowest BCUT2D eigenvalue weighted by Gasteiger charge is -2.10. The first-order valence-corrected chi connectivity index (χ1v) is 3.02. The molecule has 0 aliphatic heterocycles. The van der Waals surface area contributed by atoms with Gasteiger partial charge in [0.2, 0.25) is 0 Å². The highest BCUT2D eigenvalue weighted by Gasteiger charge is 1.99. The fourth-order valence-electron chi connectivity index (χ4n) is 0.573. The van der Waals surface area contributed by atoms with Gasteiger partial charge in [-0.2, -0.15) is 0 Å². The van der Waals surface area contributed by atoms with Crippen LogP contribution >= 0.6 is 0 Å². The highest BCUT2D eigenvalue weighted by Crippen LogP contribution is 1.98. The average molecular weight is 116 g/mol. The Morgan fingerprint density at radius 1 is 1.50 bits per heavy atom.